The Balaban J connectivity index is 1.70. The van der Waals surface area contributed by atoms with Crippen molar-refractivity contribution in [2.75, 3.05) is 19.6 Å². The second-order valence-electron chi connectivity index (χ2n) is 6.40. The molecule has 1 fully saturated rings. The third-order valence-corrected chi connectivity index (χ3v) is 4.55. The average molecular weight is 283 g/mol. The lowest BCUT2D eigenvalue weighted by Crippen LogP contribution is -2.53. The van der Waals surface area contributed by atoms with Gasteiger partial charge < -0.3 is 0 Å². The van der Waals surface area contributed by atoms with E-state index in [1.807, 2.05) is 0 Å². The van der Waals surface area contributed by atoms with Crippen molar-refractivity contribution in [2.45, 2.75) is 39.4 Å². The van der Waals surface area contributed by atoms with Crippen LogP contribution in [0.2, 0.25) is 0 Å². The van der Waals surface area contributed by atoms with Crippen LogP contribution in [-0.4, -0.2) is 46.5 Å². The number of rotatable bonds is 3. The van der Waals surface area contributed by atoms with E-state index in [1.54, 1.807) is 0 Å². The van der Waals surface area contributed by atoms with Gasteiger partial charge in [0.1, 0.15) is 0 Å². The Kier molecular flexibility index (Phi) is 4.22. The Morgan fingerprint density at radius 3 is 2.71 bits per heavy atom. The van der Waals surface area contributed by atoms with Gasteiger partial charge in [0.05, 0.1) is 11.2 Å². The molecule has 1 aromatic heterocycles. The van der Waals surface area contributed by atoms with Crippen molar-refractivity contribution < 1.29 is 0 Å². The summed E-state index contributed by atoms with van der Waals surface area (Å²) in [5, 5.41) is 1.22. The minimum Gasteiger partial charge on any atom is -0.298 e. The van der Waals surface area contributed by atoms with E-state index in [9.17, 15) is 0 Å². The highest BCUT2D eigenvalue weighted by Gasteiger charge is 2.25. The first-order valence-electron chi connectivity index (χ1n) is 7.96. The first-order chi connectivity index (χ1) is 10.1. The van der Waals surface area contributed by atoms with Crippen LogP contribution >= 0.6 is 0 Å². The van der Waals surface area contributed by atoms with E-state index in [1.165, 1.54) is 11.1 Å². The van der Waals surface area contributed by atoms with Crippen LogP contribution in [0.15, 0.2) is 36.4 Å². The topological polar surface area (TPSA) is 19.4 Å². The van der Waals surface area contributed by atoms with Crippen molar-refractivity contribution in [2.24, 2.45) is 0 Å². The van der Waals surface area contributed by atoms with Crippen molar-refractivity contribution in [1.82, 2.24) is 14.8 Å². The average Bonchev–Trinajstić information content (AvgIpc) is 2.49. The van der Waals surface area contributed by atoms with Crippen molar-refractivity contribution in [3.63, 3.8) is 0 Å². The molecule has 1 aliphatic heterocycles. The predicted octanol–water partition coefficient (Wildman–Crippen LogP) is 3.15. The second kappa shape index (κ2) is 6.12. The Bertz CT molecular complexity index is 608. The minimum absolute atomic E-state index is 0.592. The fourth-order valence-electron chi connectivity index (χ4n) is 3.13. The van der Waals surface area contributed by atoms with E-state index >= 15 is 0 Å². The molecule has 1 saturated heterocycles. The highest BCUT2D eigenvalue weighted by Crippen LogP contribution is 2.17. The molecule has 3 heteroatoms. The molecule has 1 atom stereocenters. The van der Waals surface area contributed by atoms with Gasteiger partial charge in [0, 0.05) is 43.6 Å². The SMILES string of the molecule is CC(C)N1CCN(Cc2ccc3ccccc3n2)C(C)C1. The lowest BCUT2D eigenvalue weighted by molar-refractivity contribution is 0.0590. The molecule has 3 rings (SSSR count). The van der Waals surface area contributed by atoms with Crippen molar-refractivity contribution >= 4 is 10.9 Å². The van der Waals surface area contributed by atoms with Gasteiger partial charge in [0.15, 0.2) is 0 Å². The van der Waals surface area contributed by atoms with Crippen molar-refractivity contribution in [1.29, 1.82) is 0 Å². The number of fused-ring (bicyclic) bond motifs is 1. The third kappa shape index (κ3) is 3.25. The molecule has 1 unspecified atom stereocenters. The highest BCUT2D eigenvalue weighted by molar-refractivity contribution is 5.78. The summed E-state index contributed by atoms with van der Waals surface area (Å²) in [7, 11) is 0. The molecule has 112 valence electrons. The van der Waals surface area contributed by atoms with Gasteiger partial charge in [-0.3, -0.25) is 14.8 Å². The Labute approximate surface area is 127 Å². The number of hydrogen-bond donors (Lipinski definition) is 0. The van der Waals surface area contributed by atoms with Crippen LogP contribution in [0, 0.1) is 0 Å². The molecule has 0 amide bonds. The van der Waals surface area contributed by atoms with Gasteiger partial charge in [-0.2, -0.15) is 0 Å². The normalized spacial score (nSPS) is 21.2. The molecule has 2 aromatic rings. The number of nitrogens with zero attached hydrogens (tertiary/aromatic N) is 3. The lowest BCUT2D eigenvalue weighted by atomic mass is 10.1. The summed E-state index contributed by atoms with van der Waals surface area (Å²) in [6.45, 7) is 11.3. The van der Waals surface area contributed by atoms with Gasteiger partial charge in [-0.15, -0.1) is 0 Å². The first-order valence-corrected chi connectivity index (χ1v) is 7.96. The number of hydrogen-bond acceptors (Lipinski definition) is 3. The zero-order valence-corrected chi connectivity index (χ0v) is 13.3. The Morgan fingerprint density at radius 2 is 1.95 bits per heavy atom. The largest absolute Gasteiger partial charge is 0.298 e. The van der Waals surface area contributed by atoms with Gasteiger partial charge in [0.2, 0.25) is 0 Å². The standard InChI is InChI=1S/C18H25N3/c1-14(2)20-10-11-21(15(3)12-20)13-17-9-8-16-6-4-5-7-18(16)19-17/h4-9,14-15H,10-13H2,1-3H3. The van der Waals surface area contributed by atoms with Crippen LogP contribution in [0.4, 0.5) is 0 Å². The summed E-state index contributed by atoms with van der Waals surface area (Å²) in [6, 6.07) is 13.9. The van der Waals surface area contributed by atoms with E-state index in [2.05, 4.69) is 67.0 Å². The molecule has 1 aliphatic rings. The van der Waals surface area contributed by atoms with Gasteiger partial charge in [-0.25, -0.2) is 0 Å². The number of para-hydroxylation sites is 1. The summed E-state index contributed by atoms with van der Waals surface area (Å²) in [6.07, 6.45) is 0. The van der Waals surface area contributed by atoms with E-state index in [0.717, 1.165) is 31.7 Å². The second-order valence-corrected chi connectivity index (χ2v) is 6.40. The Morgan fingerprint density at radius 1 is 1.14 bits per heavy atom. The molecular weight excluding hydrogens is 258 g/mol. The molecule has 0 aliphatic carbocycles. The summed E-state index contributed by atoms with van der Waals surface area (Å²) < 4.78 is 0. The zero-order chi connectivity index (χ0) is 14.8. The number of benzene rings is 1. The maximum Gasteiger partial charge on any atom is 0.0705 e. The summed E-state index contributed by atoms with van der Waals surface area (Å²) >= 11 is 0. The number of pyridine rings is 1. The first kappa shape index (κ1) is 14.5. The summed E-state index contributed by atoms with van der Waals surface area (Å²) in [5.74, 6) is 0. The number of piperazine rings is 1. The van der Waals surface area contributed by atoms with Crippen LogP contribution in [0.1, 0.15) is 26.5 Å². The molecular formula is C18H25N3. The van der Waals surface area contributed by atoms with E-state index < -0.39 is 0 Å². The molecule has 0 N–H and O–H groups in total. The van der Waals surface area contributed by atoms with E-state index in [4.69, 9.17) is 4.98 Å². The van der Waals surface area contributed by atoms with Crippen LogP contribution in [0.25, 0.3) is 10.9 Å². The fraction of sp³-hybridized carbons (Fsp3) is 0.500. The molecule has 0 saturated carbocycles. The Hall–Kier alpha value is -1.45. The van der Waals surface area contributed by atoms with Crippen molar-refractivity contribution in [3.8, 4) is 0 Å². The third-order valence-electron chi connectivity index (χ3n) is 4.55. The van der Waals surface area contributed by atoms with Crippen LogP contribution < -0.4 is 0 Å². The maximum atomic E-state index is 4.80. The van der Waals surface area contributed by atoms with E-state index in [0.29, 0.717) is 12.1 Å². The molecule has 0 spiro atoms. The van der Waals surface area contributed by atoms with E-state index in [-0.39, 0.29) is 0 Å². The van der Waals surface area contributed by atoms with Crippen LogP contribution in [-0.2, 0) is 6.54 Å². The van der Waals surface area contributed by atoms with Gasteiger partial charge in [-0.05, 0) is 32.9 Å². The quantitative estimate of drug-likeness (QED) is 0.862. The highest BCUT2D eigenvalue weighted by atomic mass is 15.3. The van der Waals surface area contributed by atoms with Gasteiger partial charge in [-0.1, -0.05) is 24.3 Å². The van der Waals surface area contributed by atoms with Crippen LogP contribution in [0.5, 0.6) is 0 Å². The zero-order valence-electron chi connectivity index (χ0n) is 13.3. The summed E-state index contributed by atoms with van der Waals surface area (Å²) in [5.41, 5.74) is 2.28. The van der Waals surface area contributed by atoms with Gasteiger partial charge >= 0.3 is 0 Å². The number of aromatic nitrogens is 1. The molecule has 0 bridgehead atoms. The smallest absolute Gasteiger partial charge is 0.0705 e. The molecule has 0 radical (unpaired) electrons. The summed E-state index contributed by atoms with van der Waals surface area (Å²) in [4.78, 5) is 9.92. The lowest BCUT2D eigenvalue weighted by Gasteiger charge is -2.41. The predicted molar refractivity (Wildman–Crippen MR) is 88.3 cm³/mol. The van der Waals surface area contributed by atoms with Crippen molar-refractivity contribution in [3.05, 3.63) is 42.1 Å². The molecule has 2 heterocycles. The van der Waals surface area contributed by atoms with Gasteiger partial charge in [0.25, 0.3) is 0 Å². The van der Waals surface area contributed by atoms with Crippen LogP contribution in [0.3, 0.4) is 0 Å². The minimum atomic E-state index is 0.592. The maximum absolute atomic E-state index is 4.80. The molecule has 3 nitrogen and oxygen atoms in total. The molecule has 1 aromatic carbocycles. The fourth-order valence-corrected chi connectivity index (χ4v) is 3.13. The monoisotopic (exact) mass is 283 g/mol. The molecule has 21 heavy (non-hydrogen) atoms.